The largest absolute Gasteiger partial charge is 0.153 e. The number of hydrogen-bond acceptors (Lipinski definition) is 1. The number of hydrogen-bond donors (Lipinski definition) is 0. The standard InChI is InChI=1S/C11H20S/c1-3-9(4-2)11-10(12-11)7-8-5-6-8/h8-11H,3-7H2,1-2H3. The van der Waals surface area contributed by atoms with E-state index in [2.05, 4.69) is 25.6 Å². The monoisotopic (exact) mass is 184 g/mol. The molecule has 0 aromatic carbocycles. The Balaban J connectivity index is 1.69. The van der Waals surface area contributed by atoms with Crippen LogP contribution in [-0.4, -0.2) is 10.5 Å². The van der Waals surface area contributed by atoms with E-state index in [-0.39, 0.29) is 0 Å². The maximum atomic E-state index is 2.35. The van der Waals surface area contributed by atoms with E-state index in [1.54, 1.807) is 6.42 Å². The van der Waals surface area contributed by atoms with Gasteiger partial charge in [-0.3, -0.25) is 0 Å². The summed E-state index contributed by atoms with van der Waals surface area (Å²) < 4.78 is 0. The maximum absolute atomic E-state index is 2.35. The minimum Gasteiger partial charge on any atom is -0.153 e. The van der Waals surface area contributed by atoms with Crippen LogP contribution in [0.2, 0.25) is 0 Å². The van der Waals surface area contributed by atoms with Gasteiger partial charge in [-0.25, -0.2) is 0 Å². The van der Waals surface area contributed by atoms with Crippen LogP contribution in [0.15, 0.2) is 0 Å². The van der Waals surface area contributed by atoms with Gasteiger partial charge in [-0.05, 0) is 18.3 Å². The third-order valence-corrected chi connectivity index (χ3v) is 4.95. The Morgan fingerprint density at radius 3 is 2.42 bits per heavy atom. The van der Waals surface area contributed by atoms with Gasteiger partial charge in [0.15, 0.2) is 0 Å². The highest BCUT2D eigenvalue weighted by Gasteiger charge is 2.44. The van der Waals surface area contributed by atoms with Crippen molar-refractivity contribution >= 4 is 11.8 Å². The summed E-state index contributed by atoms with van der Waals surface area (Å²) in [4.78, 5) is 0. The first kappa shape index (κ1) is 8.93. The predicted octanol–water partition coefficient (Wildman–Crippen LogP) is 3.71. The molecule has 2 unspecified atom stereocenters. The highest BCUT2D eigenvalue weighted by molar-refractivity contribution is 8.07. The van der Waals surface area contributed by atoms with Crippen LogP contribution in [-0.2, 0) is 0 Å². The summed E-state index contributed by atoms with van der Waals surface area (Å²) >= 11 is 2.26. The van der Waals surface area contributed by atoms with Crippen molar-refractivity contribution in [3.05, 3.63) is 0 Å². The fourth-order valence-corrected chi connectivity index (χ4v) is 3.83. The van der Waals surface area contributed by atoms with E-state index >= 15 is 0 Å². The van der Waals surface area contributed by atoms with Gasteiger partial charge in [0.25, 0.3) is 0 Å². The molecule has 0 aromatic heterocycles. The van der Waals surface area contributed by atoms with Gasteiger partial charge in [-0.1, -0.05) is 39.5 Å². The molecular weight excluding hydrogens is 164 g/mol. The van der Waals surface area contributed by atoms with Crippen molar-refractivity contribution in [1.29, 1.82) is 0 Å². The van der Waals surface area contributed by atoms with E-state index in [0.717, 1.165) is 22.3 Å². The summed E-state index contributed by atoms with van der Waals surface area (Å²) in [7, 11) is 0. The lowest BCUT2D eigenvalue weighted by molar-refractivity contribution is 0.480. The lowest BCUT2D eigenvalue weighted by Crippen LogP contribution is -2.08. The zero-order chi connectivity index (χ0) is 8.55. The molecule has 1 aliphatic carbocycles. The van der Waals surface area contributed by atoms with Crippen molar-refractivity contribution in [2.24, 2.45) is 11.8 Å². The molecule has 0 amide bonds. The summed E-state index contributed by atoms with van der Waals surface area (Å²) in [5.41, 5.74) is 0. The average molecular weight is 184 g/mol. The molecule has 2 aliphatic rings. The van der Waals surface area contributed by atoms with Crippen LogP contribution >= 0.6 is 11.8 Å². The van der Waals surface area contributed by atoms with Crippen LogP contribution < -0.4 is 0 Å². The summed E-state index contributed by atoms with van der Waals surface area (Å²) in [5, 5.41) is 2.13. The van der Waals surface area contributed by atoms with E-state index in [4.69, 9.17) is 0 Å². The highest BCUT2D eigenvalue weighted by atomic mass is 32.2. The van der Waals surface area contributed by atoms with Gasteiger partial charge in [-0.2, -0.15) is 11.8 Å². The number of thioether (sulfide) groups is 1. The second-order valence-electron chi connectivity index (χ2n) is 4.39. The smallest absolute Gasteiger partial charge is 0.0197 e. The van der Waals surface area contributed by atoms with Crippen LogP contribution in [0.25, 0.3) is 0 Å². The van der Waals surface area contributed by atoms with Gasteiger partial charge in [0.1, 0.15) is 0 Å². The first-order valence-electron chi connectivity index (χ1n) is 5.50. The Morgan fingerprint density at radius 2 is 1.92 bits per heavy atom. The Hall–Kier alpha value is 0.350. The lowest BCUT2D eigenvalue weighted by Gasteiger charge is -2.09. The molecular formula is C11H20S. The lowest BCUT2D eigenvalue weighted by atomic mass is 9.96. The molecule has 0 aromatic rings. The van der Waals surface area contributed by atoms with Crippen LogP contribution in [0.4, 0.5) is 0 Å². The second kappa shape index (κ2) is 3.61. The highest BCUT2D eigenvalue weighted by Crippen LogP contribution is 2.54. The van der Waals surface area contributed by atoms with Gasteiger partial charge < -0.3 is 0 Å². The van der Waals surface area contributed by atoms with Gasteiger partial charge in [0, 0.05) is 10.5 Å². The molecule has 2 rings (SSSR count). The molecule has 0 bridgehead atoms. The van der Waals surface area contributed by atoms with Gasteiger partial charge in [-0.15, -0.1) is 0 Å². The Bertz CT molecular complexity index is 147. The summed E-state index contributed by atoms with van der Waals surface area (Å²) in [6.45, 7) is 4.70. The van der Waals surface area contributed by atoms with Crippen LogP contribution in [0.5, 0.6) is 0 Å². The molecule has 0 N–H and O–H groups in total. The molecule has 1 heterocycles. The quantitative estimate of drug-likeness (QED) is 0.587. The predicted molar refractivity (Wildman–Crippen MR) is 56.6 cm³/mol. The summed E-state index contributed by atoms with van der Waals surface area (Å²) in [6.07, 6.45) is 7.41. The van der Waals surface area contributed by atoms with Crippen molar-refractivity contribution < 1.29 is 0 Å². The van der Waals surface area contributed by atoms with Crippen LogP contribution in [0.3, 0.4) is 0 Å². The average Bonchev–Trinajstić information content (AvgIpc) is 2.93. The fraction of sp³-hybridized carbons (Fsp3) is 1.00. The molecule has 0 spiro atoms. The minimum atomic E-state index is 1.03. The topological polar surface area (TPSA) is 0 Å². The van der Waals surface area contributed by atoms with Crippen LogP contribution in [0.1, 0.15) is 46.0 Å². The van der Waals surface area contributed by atoms with E-state index in [0.29, 0.717) is 0 Å². The van der Waals surface area contributed by atoms with E-state index in [9.17, 15) is 0 Å². The molecule has 2 fully saturated rings. The molecule has 12 heavy (non-hydrogen) atoms. The molecule has 1 aliphatic heterocycles. The number of rotatable bonds is 5. The first-order chi connectivity index (χ1) is 5.85. The molecule has 2 atom stereocenters. The Kier molecular flexibility index (Phi) is 2.69. The van der Waals surface area contributed by atoms with Crippen molar-refractivity contribution in [3.8, 4) is 0 Å². The van der Waals surface area contributed by atoms with Gasteiger partial charge >= 0.3 is 0 Å². The third-order valence-electron chi connectivity index (χ3n) is 3.40. The zero-order valence-corrected chi connectivity index (χ0v) is 9.07. The van der Waals surface area contributed by atoms with Crippen molar-refractivity contribution in [3.63, 3.8) is 0 Å². The van der Waals surface area contributed by atoms with Crippen molar-refractivity contribution in [2.45, 2.75) is 56.5 Å². The fourth-order valence-electron chi connectivity index (χ4n) is 2.20. The SMILES string of the molecule is CCC(CC)C1SC1CC1CC1. The van der Waals surface area contributed by atoms with E-state index < -0.39 is 0 Å². The minimum absolute atomic E-state index is 1.03. The Labute approximate surface area is 80.5 Å². The molecule has 0 radical (unpaired) electrons. The summed E-state index contributed by atoms with van der Waals surface area (Å²) in [5.74, 6) is 2.17. The third kappa shape index (κ3) is 1.99. The molecule has 1 heteroatoms. The van der Waals surface area contributed by atoms with Gasteiger partial charge in [0.2, 0.25) is 0 Å². The molecule has 1 saturated carbocycles. The second-order valence-corrected chi connectivity index (χ2v) is 5.82. The molecule has 0 nitrogen and oxygen atoms in total. The van der Waals surface area contributed by atoms with Crippen molar-refractivity contribution in [1.82, 2.24) is 0 Å². The first-order valence-corrected chi connectivity index (χ1v) is 6.44. The van der Waals surface area contributed by atoms with Crippen molar-refractivity contribution in [2.75, 3.05) is 0 Å². The van der Waals surface area contributed by atoms with Crippen LogP contribution in [0, 0.1) is 11.8 Å². The van der Waals surface area contributed by atoms with E-state index in [1.165, 1.54) is 25.7 Å². The molecule has 70 valence electrons. The molecule has 1 saturated heterocycles. The zero-order valence-electron chi connectivity index (χ0n) is 8.25. The normalized spacial score (nSPS) is 34.2. The summed E-state index contributed by atoms with van der Waals surface area (Å²) in [6, 6.07) is 0. The van der Waals surface area contributed by atoms with Gasteiger partial charge in [0.05, 0.1) is 0 Å². The maximum Gasteiger partial charge on any atom is 0.0197 e. The van der Waals surface area contributed by atoms with E-state index in [1.807, 2.05) is 0 Å². The Morgan fingerprint density at radius 1 is 1.25 bits per heavy atom.